The molecule has 0 spiro atoms. The van der Waals surface area contributed by atoms with E-state index in [4.69, 9.17) is 0 Å². The molecule has 0 aliphatic carbocycles. The van der Waals surface area contributed by atoms with Crippen LogP contribution in [0.4, 0.5) is 0 Å². The zero-order valence-corrected chi connectivity index (χ0v) is 11.7. The minimum absolute atomic E-state index is 0.0425. The molecule has 2 aromatic rings. The molecule has 0 saturated heterocycles. The SMILES string of the molecule is CCc1cc(CC(=O)c2cccc(C)n2)n(CC)n1. The van der Waals surface area contributed by atoms with Crippen molar-refractivity contribution in [3.05, 3.63) is 47.0 Å². The molecule has 2 aromatic heterocycles. The van der Waals surface area contributed by atoms with E-state index in [0.29, 0.717) is 12.1 Å². The van der Waals surface area contributed by atoms with Gasteiger partial charge in [-0.1, -0.05) is 13.0 Å². The van der Waals surface area contributed by atoms with Crippen molar-refractivity contribution in [3.63, 3.8) is 0 Å². The third-order valence-corrected chi connectivity index (χ3v) is 3.09. The minimum atomic E-state index is 0.0425. The van der Waals surface area contributed by atoms with E-state index in [-0.39, 0.29) is 5.78 Å². The molecule has 19 heavy (non-hydrogen) atoms. The van der Waals surface area contributed by atoms with Crippen LogP contribution in [0.15, 0.2) is 24.3 Å². The first kappa shape index (κ1) is 13.5. The van der Waals surface area contributed by atoms with E-state index in [9.17, 15) is 4.79 Å². The van der Waals surface area contributed by atoms with Crippen LogP contribution < -0.4 is 0 Å². The lowest BCUT2D eigenvalue weighted by Crippen LogP contribution is -2.11. The lowest BCUT2D eigenvalue weighted by molar-refractivity contribution is 0.0985. The second-order valence-electron chi connectivity index (χ2n) is 4.56. The summed E-state index contributed by atoms with van der Waals surface area (Å²) in [6.07, 6.45) is 1.24. The number of carbonyl (C=O) groups is 1. The number of pyridine rings is 1. The van der Waals surface area contributed by atoms with E-state index < -0.39 is 0 Å². The molecule has 0 atom stereocenters. The van der Waals surface area contributed by atoms with Gasteiger partial charge in [0.1, 0.15) is 5.69 Å². The molecule has 0 saturated carbocycles. The van der Waals surface area contributed by atoms with Crippen molar-refractivity contribution in [3.8, 4) is 0 Å². The molecule has 0 radical (unpaired) electrons. The van der Waals surface area contributed by atoms with Gasteiger partial charge in [0.2, 0.25) is 0 Å². The summed E-state index contributed by atoms with van der Waals surface area (Å²) in [7, 11) is 0. The van der Waals surface area contributed by atoms with Gasteiger partial charge in [0.25, 0.3) is 0 Å². The van der Waals surface area contributed by atoms with Crippen LogP contribution in [0.3, 0.4) is 0 Å². The Morgan fingerprint density at radius 2 is 2.11 bits per heavy atom. The monoisotopic (exact) mass is 257 g/mol. The molecule has 0 N–H and O–H groups in total. The maximum Gasteiger partial charge on any atom is 0.187 e. The van der Waals surface area contributed by atoms with Gasteiger partial charge in [-0.15, -0.1) is 0 Å². The van der Waals surface area contributed by atoms with Gasteiger partial charge < -0.3 is 0 Å². The van der Waals surface area contributed by atoms with Crippen molar-refractivity contribution in [2.45, 2.75) is 40.2 Å². The van der Waals surface area contributed by atoms with E-state index in [1.807, 2.05) is 36.7 Å². The van der Waals surface area contributed by atoms with Crippen LogP contribution in [-0.4, -0.2) is 20.5 Å². The molecule has 2 heterocycles. The van der Waals surface area contributed by atoms with Crippen LogP contribution >= 0.6 is 0 Å². The normalized spacial score (nSPS) is 10.7. The van der Waals surface area contributed by atoms with Gasteiger partial charge in [0, 0.05) is 17.9 Å². The molecular formula is C15H19N3O. The predicted octanol–water partition coefficient (Wildman–Crippen LogP) is 2.59. The first-order valence-corrected chi connectivity index (χ1v) is 6.66. The number of ketones is 1. The van der Waals surface area contributed by atoms with E-state index in [1.54, 1.807) is 6.07 Å². The fraction of sp³-hybridized carbons (Fsp3) is 0.400. The fourth-order valence-corrected chi connectivity index (χ4v) is 2.06. The quantitative estimate of drug-likeness (QED) is 0.773. The Labute approximate surface area is 113 Å². The molecule has 100 valence electrons. The van der Waals surface area contributed by atoms with Crippen LogP contribution in [0.2, 0.25) is 0 Å². The number of rotatable bonds is 5. The summed E-state index contributed by atoms with van der Waals surface area (Å²) in [5.41, 5.74) is 3.39. The molecule has 0 aliphatic rings. The number of hydrogen-bond acceptors (Lipinski definition) is 3. The minimum Gasteiger partial charge on any atom is -0.292 e. The second kappa shape index (κ2) is 5.78. The standard InChI is InChI=1S/C15H19N3O/c1-4-12-9-13(18(5-2)17-12)10-15(19)14-8-6-7-11(3)16-14/h6-9H,4-5,10H2,1-3H3. The summed E-state index contributed by atoms with van der Waals surface area (Å²) < 4.78 is 1.90. The van der Waals surface area contributed by atoms with E-state index in [2.05, 4.69) is 17.0 Å². The van der Waals surface area contributed by atoms with Gasteiger partial charge in [-0.25, -0.2) is 0 Å². The molecule has 0 fully saturated rings. The summed E-state index contributed by atoms with van der Waals surface area (Å²) in [4.78, 5) is 16.5. The molecule has 0 unspecified atom stereocenters. The maximum absolute atomic E-state index is 12.2. The number of Topliss-reactive ketones (excluding diaryl/α,β-unsaturated/α-hetero) is 1. The van der Waals surface area contributed by atoms with Crippen molar-refractivity contribution >= 4 is 5.78 Å². The first-order chi connectivity index (χ1) is 9.13. The Morgan fingerprint density at radius 3 is 2.74 bits per heavy atom. The smallest absolute Gasteiger partial charge is 0.187 e. The topological polar surface area (TPSA) is 47.8 Å². The van der Waals surface area contributed by atoms with Crippen molar-refractivity contribution in [1.82, 2.24) is 14.8 Å². The van der Waals surface area contributed by atoms with Crippen LogP contribution in [0, 0.1) is 6.92 Å². The van der Waals surface area contributed by atoms with Crippen molar-refractivity contribution in [2.75, 3.05) is 0 Å². The summed E-state index contributed by atoms with van der Waals surface area (Å²) in [5.74, 6) is 0.0425. The highest BCUT2D eigenvalue weighted by molar-refractivity contribution is 5.95. The molecule has 4 nitrogen and oxygen atoms in total. The number of hydrogen-bond donors (Lipinski definition) is 0. The van der Waals surface area contributed by atoms with E-state index in [0.717, 1.165) is 30.0 Å². The highest BCUT2D eigenvalue weighted by atomic mass is 16.1. The summed E-state index contributed by atoms with van der Waals surface area (Å²) in [6, 6.07) is 7.53. The summed E-state index contributed by atoms with van der Waals surface area (Å²) >= 11 is 0. The third-order valence-electron chi connectivity index (χ3n) is 3.09. The largest absolute Gasteiger partial charge is 0.292 e. The molecule has 4 heteroatoms. The molecule has 0 bridgehead atoms. The Bertz CT molecular complexity index is 587. The van der Waals surface area contributed by atoms with Gasteiger partial charge >= 0.3 is 0 Å². The zero-order chi connectivity index (χ0) is 13.8. The highest BCUT2D eigenvalue weighted by Crippen LogP contribution is 2.10. The van der Waals surface area contributed by atoms with Crippen molar-refractivity contribution in [1.29, 1.82) is 0 Å². The predicted molar refractivity (Wildman–Crippen MR) is 74.3 cm³/mol. The third kappa shape index (κ3) is 3.08. The molecule has 0 aromatic carbocycles. The summed E-state index contributed by atoms with van der Waals surface area (Å²) in [6.45, 7) is 6.77. The average molecular weight is 257 g/mol. The summed E-state index contributed by atoms with van der Waals surface area (Å²) in [5, 5.41) is 4.46. The van der Waals surface area contributed by atoms with Gasteiger partial charge in [0.15, 0.2) is 5.78 Å². The molecule has 0 aliphatic heterocycles. The van der Waals surface area contributed by atoms with Crippen LogP contribution in [0.5, 0.6) is 0 Å². The molecular weight excluding hydrogens is 238 g/mol. The van der Waals surface area contributed by atoms with Crippen molar-refractivity contribution < 1.29 is 4.79 Å². The van der Waals surface area contributed by atoms with Crippen molar-refractivity contribution in [2.24, 2.45) is 0 Å². The first-order valence-electron chi connectivity index (χ1n) is 6.66. The van der Waals surface area contributed by atoms with Gasteiger partial charge in [-0.05, 0) is 38.5 Å². The lowest BCUT2D eigenvalue weighted by Gasteiger charge is -2.04. The van der Waals surface area contributed by atoms with Crippen LogP contribution in [0.25, 0.3) is 0 Å². The number of nitrogens with zero attached hydrogens (tertiary/aromatic N) is 3. The van der Waals surface area contributed by atoms with Gasteiger partial charge in [-0.2, -0.15) is 5.10 Å². The second-order valence-corrected chi connectivity index (χ2v) is 4.56. The number of aryl methyl sites for hydroxylation is 3. The Balaban J connectivity index is 2.21. The fourth-order valence-electron chi connectivity index (χ4n) is 2.06. The van der Waals surface area contributed by atoms with Gasteiger partial charge in [-0.3, -0.25) is 14.5 Å². The Morgan fingerprint density at radius 1 is 1.32 bits per heavy atom. The maximum atomic E-state index is 12.2. The van der Waals surface area contributed by atoms with Gasteiger partial charge in [0.05, 0.1) is 12.1 Å². The Hall–Kier alpha value is -1.97. The number of carbonyl (C=O) groups excluding carboxylic acids is 1. The van der Waals surface area contributed by atoms with E-state index in [1.165, 1.54) is 0 Å². The number of aromatic nitrogens is 3. The zero-order valence-electron chi connectivity index (χ0n) is 11.7. The van der Waals surface area contributed by atoms with E-state index >= 15 is 0 Å². The van der Waals surface area contributed by atoms with Crippen LogP contribution in [-0.2, 0) is 19.4 Å². The highest BCUT2D eigenvalue weighted by Gasteiger charge is 2.13. The molecule has 0 amide bonds. The average Bonchev–Trinajstić information content (AvgIpc) is 2.81. The molecule has 2 rings (SSSR count). The van der Waals surface area contributed by atoms with Crippen LogP contribution in [0.1, 0.15) is 41.4 Å². The lowest BCUT2D eigenvalue weighted by atomic mass is 10.1. The Kier molecular flexibility index (Phi) is 4.10.